The first-order valence-electron chi connectivity index (χ1n) is 4.05. The molecule has 0 unspecified atom stereocenters. The summed E-state index contributed by atoms with van der Waals surface area (Å²) < 4.78 is 1.10. The van der Waals surface area contributed by atoms with Gasteiger partial charge in [-0.15, -0.1) is 0 Å². The summed E-state index contributed by atoms with van der Waals surface area (Å²) >= 11 is 0. The molecular weight excluding hydrogens is 184 g/mol. The highest BCUT2D eigenvalue weighted by atomic mass is 16.2. The van der Waals surface area contributed by atoms with E-state index in [4.69, 9.17) is 0 Å². The molecule has 0 spiro atoms. The van der Waals surface area contributed by atoms with Crippen molar-refractivity contribution >= 4 is 11.9 Å². The Bertz CT molecular complexity index is 397. The minimum atomic E-state index is -0.320. The van der Waals surface area contributed by atoms with E-state index in [-0.39, 0.29) is 11.5 Å². The van der Waals surface area contributed by atoms with Gasteiger partial charge in [0.2, 0.25) is 11.9 Å². The SMILES string of the molecule is CC(=O)Nn1c(N(C)C)nccc1=O. The Kier molecular flexibility index (Phi) is 2.85. The van der Waals surface area contributed by atoms with Crippen LogP contribution in [0.2, 0.25) is 0 Å². The third kappa shape index (κ3) is 2.09. The Morgan fingerprint density at radius 2 is 2.21 bits per heavy atom. The molecule has 1 aromatic heterocycles. The lowest BCUT2D eigenvalue weighted by Crippen LogP contribution is -2.35. The molecule has 0 saturated heterocycles. The van der Waals surface area contributed by atoms with Crippen molar-refractivity contribution in [1.82, 2.24) is 9.66 Å². The second kappa shape index (κ2) is 3.91. The van der Waals surface area contributed by atoms with Crippen molar-refractivity contribution in [3.63, 3.8) is 0 Å². The lowest BCUT2D eigenvalue weighted by atomic mass is 10.6. The summed E-state index contributed by atoms with van der Waals surface area (Å²) in [4.78, 5) is 27.8. The number of carbonyl (C=O) groups excluding carboxylic acids is 1. The first-order valence-corrected chi connectivity index (χ1v) is 4.05. The number of rotatable bonds is 2. The average Bonchev–Trinajstić information content (AvgIpc) is 2.07. The van der Waals surface area contributed by atoms with E-state index in [1.54, 1.807) is 19.0 Å². The molecule has 0 fully saturated rings. The van der Waals surface area contributed by atoms with Crippen molar-refractivity contribution in [3.8, 4) is 0 Å². The van der Waals surface area contributed by atoms with Crippen molar-refractivity contribution in [3.05, 3.63) is 22.6 Å². The van der Waals surface area contributed by atoms with Crippen LogP contribution in [0.5, 0.6) is 0 Å². The van der Waals surface area contributed by atoms with E-state index in [2.05, 4.69) is 10.4 Å². The van der Waals surface area contributed by atoms with Crippen LogP contribution in [0.1, 0.15) is 6.92 Å². The van der Waals surface area contributed by atoms with Gasteiger partial charge in [0.05, 0.1) is 0 Å². The van der Waals surface area contributed by atoms with Crippen LogP contribution >= 0.6 is 0 Å². The van der Waals surface area contributed by atoms with E-state index < -0.39 is 0 Å². The second-order valence-electron chi connectivity index (χ2n) is 2.98. The van der Waals surface area contributed by atoms with Crippen LogP contribution in [-0.2, 0) is 4.79 Å². The minimum Gasteiger partial charge on any atom is -0.347 e. The molecule has 6 heteroatoms. The quantitative estimate of drug-likeness (QED) is 0.685. The molecule has 1 N–H and O–H groups in total. The molecule has 0 atom stereocenters. The fourth-order valence-corrected chi connectivity index (χ4v) is 0.977. The highest BCUT2D eigenvalue weighted by Crippen LogP contribution is 1.99. The number of amides is 1. The molecule has 0 bridgehead atoms. The first-order chi connectivity index (χ1) is 6.52. The van der Waals surface area contributed by atoms with Gasteiger partial charge in [0, 0.05) is 33.3 Å². The Morgan fingerprint density at radius 1 is 1.57 bits per heavy atom. The monoisotopic (exact) mass is 196 g/mol. The van der Waals surface area contributed by atoms with Gasteiger partial charge < -0.3 is 4.90 Å². The predicted octanol–water partition coefficient (Wildman–Crippen LogP) is -0.601. The normalized spacial score (nSPS) is 9.64. The van der Waals surface area contributed by atoms with E-state index in [0.717, 1.165) is 4.68 Å². The van der Waals surface area contributed by atoms with Gasteiger partial charge in [-0.2, -0.15) is 4.68 Å². The van der Waals surface area contributed by atoms with Gasteiger partial charge in [0.15, 0.2) is 0 Å². The standard InChI is InChI=1S/C8H12N4O2/c1-6(13)10-12-7(14)4-5-9-8(12)11(2)3/h4-5H,1-3H3,(H,10,13). The lowest BCUT2D eigenvalue weighted by Gasteiger charge is -2.16. The van der Waals surface area contributed by atoms with E-state index in [9.17, 15) is 9.59 Å². The maximum Gasteiger partial charge on any atom is 0.273 e. The molecule has 0 radical (unpaired) electrons. The van der Waals surface area contributed by atoms with Crippen LogP contribution in [-0.4, -0.2) is 29.7 Å². The summed E-state index contributed by atoms with van der Waals surface area (Å²) in [6.45, 7) is 1.33. The van der Waals surface area contributed by atoms with Gasteiger partial charge in [0.25, 0.3) is 5.56 Å². The van der Waals surface area contributed by atoms with Crippen LogP contribution in [0.3, 0.4) is 0 Å². The van der Waals surface area contributed by atoms with E-state index in [0.29, 0.717) is 5.95 Å². The zero-order chi connectivity index (χ0) is 10.7. The summed E-state index contributed by atoms with van der Waals surface area (Å²) in [5.41, 5.74) is 2.06. The number of aromatic nitrogens is 2. The summed E-state index contributed by atoms with van der Waals surface area (Å²) in [6.07, 6.45) is 1.40. The van der Waals surface area contributed by atoms with Crippen molar-refractivity contribution in [2.24, 2.45) is 0 Å². The molecular formula is C8H12N4O2. The van der Waals surface area contributed by atoms with Gasteiger partial charge in [-0.1, -0.05) is 0 Å². The van der Waals surface area contributed by atoms with Gasteiger partial charge >= 0.3 is 0 Å². The Balaban J connectivity index is 3.22. The largest absolute Gasteiger partial charge is 0.347 e. The third-order valence-electron chi connectivity index (χ3n) is 1.50. The van der Waals surface area contributed by atoms with E-state index >= 15 is 0 Å². The molecule has 0 aromatic carbocycles. The maximum atomic E-state index is 11.4. The average molecular weight is 196 g/mol. The van der Waals surface area contributed by atoms with Crippen molar-refractivity contribution in [2.75, 3.05) is 24.4 Å². The second-order valence-corrected chi connectivity index (χ2v) is 2.98. The van der Waals surface area contributed by atoms with Crippen LogP contribution in [0.25, 0.3) is 0 Å². The topological polar surface area (TPSA) is 67.2 Å². The molecule has 14 heavy (non-hydrogen) atoms. The van der Waals surface area contributed by atoms with Crippen LogP contribution < -0.4 is 15.9 Å². The summed E-state index contributed by atoms with van der Waals surface area (Å²) in [5, 5.41) is 0. The van der Waals surface area contributed by atoms with E-state index in [1.807, 2.05) is 0 Å². The van der Waals surface area contributed by atoms with E-state index in [1.165, 1.54) is 19.2 Å². The molecule has 0 aliphatic heterocycles. The molecule has 0 aliphatic rings. The van der Waals surface area contributed by atoms with Gasteiger partial charge in [-0.05, 0) is 0 Å². The van der Waals surface area contributed by atoms with Crippen LogP contribution in [0, 0.1) is 0 Å². The molecule has 1 heterocycles. The summed E-state index contributed by atoms with van der Waals surface area (Å²) in [5.74, 6) is 0.0656. The Morgan fingerprint density at radius 3 is 2.71 bits per heavy atom. The Labute approximate surface area is 81.1 Å². The van der Waals surface area contributed by atoms with Gasteiger partial charge in [-0.3, -0.25) is 15.0 Å². The fraction of sp³-hybridized carbons (Fsp3) is 0.375. The number of hydrogen-bond acceptors (Lipinski definition) is 4. The number of carbonyl (C=O) groups is 1. The molecule has 76 valence electrons. The minimum absolute atomic E-state index is 0.316. The summed E-state index contributed by atoms with van der Waals surface area (Å²) in [6, 6.07) is 1.28. The molecule has 1 amide bonds. The number of nitrogens with one attached hydrogen (secondary N) is 1. The van der Waals surface area contributed by atoms with Gasteiger partial charge in [-0.25, -0.2) is 4.98 Å². The molecule has 0 saturated carbocycles. The maximum absolute atomic E-state index is 11.4. The lowest BCUT2D eigenvalue weighted by molar-refractivity contribution is -0.115. The van der Waals surface area contributed by atoms with Crippen molar-refractivity contribution in [1.29, 1.82) is 0 Å². The zero-order valence-electron chi connectivity index (χ0n) is 8.31. The molecule has 6 nitrogen and oxygen atoms in total. The van der Waals surface area contributed by atoms with Crippen molar-refractivity contribution in [2.45, 2.75) is 6.92 Å². The third-order valence-corrected chi connectivity index (χ3v) is 1.50. The summed E-state index contributed by atoms with van der Waals surface area (Å²) in [7, 11) is 3.47. The predicted molar refractivity (Wildman–Crippen MR) is 52.9 cm³/mol. The fourth-order valence-electron chi connectivity index (χ4n) is 0.977. The highest BCUT2D eigenvalue weighted by Gasteiger charge is 2.07. The highest BCUT2D eigenvalue weighted by molar-refractivity contribution is 5.81. The molecule has 1 aromatic rings. The Hall–Kier alpha value is -1.85. The molecule has 1 rings (SSSR count). The molecule has 0 aliphatic carbocycles. The smallest absolute Gasteiger partial charge is 0.273 e. The van der Waals surface area contributed by atoms with Crippen LogP contribution in [0.4, 0.5) is 5.95 Å². The zero-order valence-corrected chi connectivity index (χ0v) is 8.31. The van der Waals surface area contributed by atoms with Crippen molar-refractivity contribution < 1.29 is 4.79 Å². The number of hydrogen-bond donors (Lipinski definition) is 1. The van der Waals surface area contributed by atoms with Gasteiger partial charge in [0.1, 0.15) is 0 Å². The number of nitrogens with zero attached hydrogens (tertiary/aromatic N) is 3. The first kappa shape index (κ1) is 10.2. The van der Waals surface area contributed by atoms with Crippen LogP contribution in [0.15, 0.2) is 17.1 Å². The number of anilines is 1.